The summed E-state index contributed by atoms with van der Waals surface area (Å²) in [6, 6.07) is 12.5. The number of hydrazine groups is 1. The van der Waals surface area contributed by atoms with Gasteiger partial charge in [0.2, 0.25) is 0 Å². The molecule has 0 aliphatic heterocycles. The van der Waals surface area contributed by atoms with E-state index in [0.717, 1.165) is 21.5 Å². The first-order valence-corrected chi connectivity index (χ1v) is 10.4. The number of carbonyl (C=O) groups excluding carboxylic acids is 2. The number of hydrogen-bond acceptors (Lipinski definition) is 7. The van der Waals surface area contributed by atoms with E-state index in [1.165, 1.54) is 17.4 Å². The molecule has 8 nitrogen and oxygen atoms in total. The van der Waals surface area contributed by atoms with Crippen molar-refractivity contribution in [3.05, 3.63) is 75.9 Å². The van der Waals surface area contributed by atoms with Gasteiger partial charge < -0.3 is 9.15 Å². The van der Waals surface area contributed by atoms with E-state index < -0.39 is 11.8 Å². The number of nitrogens with zero attached hydrogens (tertiary/aromatic N) is 2. The molecule has 1 aromatic carbocycles. The molecule has 0 saturated heterocycles. The van der Waals surface area contributed by atoms with Crippen LogP contribution in [-0.4, -0.2) is 21.8 Å². The van der Waals surface area contributed by atoms with Crippen LogP contribution in [0.2, 0.25) is 0 Å². The normalized spacial score (nSPS) is 10.8. The fraction of sp³-hybridized carbons (Fsp3) is 0.182. The van der Waals surface area contributed by atoms with Gasteiger partial charge in [0.05, 0.1) is 4.88 Å². The Hall–Kier alpha value is -3.72. The molecule has 0 atom stereocenters. The molecule has 0 bridgehead atoms. The third-order valence-corrected chi connectivity index (χ3v) is 5.77. The maximum Gasteiger partial charge on any atom is 0.305 e. The SMILES string of the molecule is Cc1nc(C)c2c(C)c(C(=O)NNC(=O)c3ccc(COc4ccccc4)o3)sc2n1. The van der Waals surface area contributed by atoms with Gasteiger partial charge in [-0.15, -0.1) is 11.3 Å². The van der Waals surface area contributed by atoms with Gasteiger partial charge in [-0.05, 0) is 50.6 Å². The van der Waals surface area contributed by atoms with Crippen LogP contribution in [0.1, 0.15) is 43.1 Å². The van der Waals surface area contributed by atoms with E-state index in [1.807, 2.05) is 51.1 Å². The first kappa shape index (κ1) is 20.5. The molecular weight excluding hydrogens is 416 g/mol. The fourth-order valence-corrected chi connectivity index (χ4v) is 4.34. The largest absolute Gasteiger partial charge is 0.486 e. The minimum Gasteiger partial charge on any atom is -0.486 e. The summed E-state index contributed by atoms with van der Waals surface area (Å²) >= 11 is 1.26. The van der Waals surface area contributed by atoms with Crippen LogP contribution in [0.15, 0.2) is 46.9 Å². The number of aryl methyl sites for hydroxylation is 3. The number of aromatic nitrogens is 2. The number of furan rings is 1. The van der Waals surface area contributed by atoms with Crippen LogP contribution in [0.25, 0.3) is 10.2 Å². The third-order valence-electron chi connectivity index (χ3n) is 4.59. The number of fused-ring (bicyclic) bond motifs is 1. The number of amides is 2. The Morgan fingerprint density at radius 1 is 1.00 bits per heavy atom. The zero-order valence-corrected chi connectivity index (χ0v) is 18.0. The molecule has 2 N–H and O–H groups in total. The highest BCUT2D eigenvalue weighted by Gasteiger charge is 2.20. The number of thiophene rings is 1. The maximum absolute atomic E-state index is 12.6. The van der Waals surface area contributed by atoms with E-state index in [2.05, 4.69) is 20.8 Å². The highest BCUT2D eigenvalue weighted by Crippen LogP contribution is 2.31. The number of nitrogens with one attached hydrogen (secondary N) is 2. The molecule has 158 valence electrons. The van der Waals surface area contributed by atoms with Gasteiger partial charge in [-0.2, -0.15) is 0 Å². The van der Waals surface area contributed by atoms with Crippen LogP contribution in [0, 0.1) is 20.8 Å². The van der Waals surface area contributed by atoms with Crippen LogP contribution in [0.4, 0.5) is 0 Å². The standard InChI is InChI=1S/C22H20N4O4S/c1-12-18-13(2)23-14(3)24-22(18)31-19(12)21(28)26-25-20(27)17-10-9-16(30-17)11-29-15-7-5-4-6-8-15/h4-10H,11H2,1-3H3,(H,25,27)(H,26,28). The van der Waals surface area contributed by atoms with Gasteiger partial charge in [-0.25, -0.2) is 9.97 Å². The zero-order valence-electron chi connectivity index (χ0n) is 17.2. The monoisotopic (exact) mass is 436 g/mol. The van der Waals surface area contributed by atoms with Crippen molar-refractivity contribution >= 4 is 33.4 Å². The minimum atomic E-state index is -0.565. The van der Waals surface area contributed by atoms with Crippen molar-refractivity contribution in [2.45, 2.75) is 27.4 Å². The van der Waals surface area contributed by atoms with Gasteiger partial charge in [0.15, 0.2) is 5.76 Å². The second-order valence-electron chi connectivity index (χ2n) is 6.87. The number of carbonyl (C=O) groups is 2. The molecule has 3 aromatic heterocycles. The number of rotatable bonds is 5. The number of para-hydroxylation sites is 1. The summed E-state index contributed by atoms with van der Waals surface area (Å²) in [7, 11) is 0. The van der Waals surface area contributed by atoms with E-state index in [1.54, 1.807) is 6.07 Å². The molecule has 3 heterocycles. The summed E-state index contributed by atoms with van der Waals surface area (Å²) in [6.07, 6.45) is 0. The second kappa shape index (κ2) is 8.57. The Balaban J connectivity index is 1.38. The molecule has 0 unspecified atom stereocenters. The Labute approximate surface area is 182 Å². The molecule has 0 aliphatic carbocycles. The minimum absolute atomic E-state index is 0.0670. The van der Waals surface area contributed by atoms with Crippen LogP contribution < -0.4 is 15.6 Å². The van der Waals surface area contributed by atoms with E-state index in [0.29, 0.717) is 22.2 Å². The van der Waals surface area contributed by atoms with Crippen molar-refractivity contribution in [2.24, 2.45) is 0 Å². The predicted molar refractivity (Wildman–Crippen MR) is 116 cm³/mol. The van der Waals surface area contributed by atoms with Gasteiger partial charge in [-0.1, -0.05) is 18.2 Å². The van der Waals surface area contributed by atoms with Gasteiger partial charge in [-0.3, -0.25) is 20.4 Å². The molecule has 0 spiro atoms. The van der Waals surface area contributed by atoms with Crippen molar-refractivity contribution < 1.29 is 18.7 Å². The van der Waals surface area contributed by atoms with Crippen molar-refractivity contribution in [2.75, 3.05) is 0 Å². The Kier molecular flexibility index (Phi) is 5.68. The first-order valence-electron chi connectivity index (χ1n) is 9.54. The topological polar surface area (TPSA) is 106 Å². The summed E-state index contributed by atoms with van der Waals surface area (Å²) in [5.41, 5.74) is 6.41. The molecule has 4 aromatic rings. The van der Waals surface area contributed by atoms with Crippen molar-refractivity contribution in [1.82, 2.24) is 20.8 Å². The lowest BCUT2D eigenvalue weighted by atomic mass is 10.1. The van der Waals surface area contributed by atoms with Gasteiger partial charge in [0, 0.05) is 11.1 Å². The fourth-order valence-electron chi connectivity index (χ4n) is 3.17. The Bertz CT molecular complexity index is 1260. The Morgan fingerprint density at radius 2 is 1.74 bits per heavy atom. The van der Waals surface area contributed by atoms with Crippen molar-refractivity contribution in [3.63, 3.8) is 0 Å². The average molecular weight is 436 g/mol. The third kappa shape index (κ3) is 4.41. The number of ether oxygens (including phenoxy) is 1. The summed E-state index contributed by atoms with van der Waals surface area (Å²) in [5, 5.41) is 0.862. The molecule has 0 aliphatic rings. The molecule has 0 fully saturated rings. The zero-order chi connectivity index (χ0) is 22.0. The van der Waals surface area contributed by atoms with E-state index in [4.69, 9.17) is 9.15 Å². The molecule has 4 rings (SSSR count). The van der Waals surface area contributed by atoms with Crippen LogP contribution in [-0.2, 0) is 6.61 Å². The van der Waals surface area contributed by atoms with Gasteiger partial charge in [0.25, 0.3) is 5.91 Å². The summed E-state index contributed by atoms with van der Waals surface area (Å²) in [4.78, 5) is 34.9. The molecule has 0 radical (unpaired) electrons. The average Bonchev–Trinajstić information content (AvgIpc) is 3.36. The summed E-state index contributed by atoms with van der Waals surface area (Å²) < 4.78 is 11.1. The van der Waals surface area contributed by atoms with E-state index in [9.17, 15) is 9.59 Å². The highest BCUT2D eigenvalue weighted by molar-refractivity contribution is 7.20. The van der Waals surface area contributed by atoms with Gasteiger partial charge >= 0.3 is 5.91 Å². The maximum atomic E-state index is 12.6. The molecule has 2 amide bonds. The lowest BCUT2D eigenvalue weighted by Crippen LogP contribution is -2.41. The lowest BCUT2D eigenvalue weighted by molar-refractivity contribution is 0.0830. The van der Waals surface area contributed by atoms with Gasteiger partial charge in [0.1, 0.15) is 28.8 Å². The van der Waals surface area contributed by atoms with E-state index in [-0.39, 0.29) is 12.4 Å². The molecule has 9 heteroatoms. The molecular formula is C22H20N4O4S. The summed E-state index contributed by atoms with van der Waals surface area (Å²) in [5.74, 6) is 0.916. The summed E-state index contributed by atoms with van der Waals surface area (Å²) in [6.45, 7) is 5.72. The first-order chi connectivity index (χ1) is 14.9. The molecule has 31 heavy (non-hydrogen) atoms. The van der Waals surface area contributed by atoms with Crippen LogP contribution in [0.5, 0.6) is 5.75 Å². The smallest absolute Gasteiger partial charge is 0.305 e. The highest BCUT2D eigenvalue weighted by atomic mass is 32.1. The molecule has 0 saturated carbocycles. The number of benzene rings is 1. The predicted octanol–water partition coefficient (Wildman–Crippen LogP) is 3.86. The Morgan fingerprint density at radius 3 is 2.52 bits per heavy atom. The quantitative estimate of drug-likeness (QED) is 0.460. The lowest BCUT2D eigenvalue weighted by Gasteiger charge is -2.06. The van der Waals surface area contributed by atoms with E-state index >= 15 is 0 Å². The van der Waals surface area contributed by atoms with Crippen LogP contribution in [0.3, 0.4) is 0 Å². The van der Waals surface area contributed by atoms with Crippen molar-refractivity contribution in [3.8, 4) is 5.75 Å². The van der Waals surface area contributed by atoms with Crippen molar-refractivity contribution in [1.29, 1.82) is 0 Å². The second-order valence-corrected chi connectivity index (χ2v) is 7.87. The number of hydrogen-bond donors (Lipinski definition) is 2. The van der Waals surface area contributed by atoms with Crippen LogP contribution >= 0.6 is 11.3 Å².